The van der Waals surface area contributed by atoms with Gasteiger partial charge in [-0.25, -0.2) is 0 Å². The lowest BCUT2D eigenvalue weighted by Crippen LogP contribution is -2.26. The van der Waals surface area contributed by atoms with E-state index in [1.54, 1.807) is 0 Å². The third kappa shape index (κ3) is 4.10. The summed E-state index contributed by atoms with van der Waals surface area (Å²) < 4.78 is 5.70. The molecule has 114 valence electrons. The Morgan fingerprint density at radius 2 is 2.15 bits per heavy atom. The SMILES string of the molecule is CC(C)NCc1ccoc1CN1CCC(C(C)(C)C)C1. The van der Waals surface area contributed by atoms with Crippen molar-refractivity contribution in [3.63, 3.8) is 0 Å². The summed E-state index contributed by atoms with van der Waals surface area (Å²) in [4.78, 5) is 2.54. The largest absolute Gasteiger partial charge is 0.468 e. The van der Waals surface area contributed by atoms with Crippen molar-refractivity contribution < 1.29 is 4.42 Å². The van der Waals surface area contributed by atoms with Crippen molar-refractivity contribution >= 4 is 0 Å². The summed E-state index contributed by atoms with van der Waals surface area (Å²) in [6.45, 7) is 15.7. The van der Waals surface area contributed by atoms with Gasteiger partial charge in [-0.05, 0) is 30.4 Å². The topological polar surface area (TPSA) is 28.4 Å². The maximum atomic E-state index is 5.70. The summed E-state index contributed by atoms with van der Waals surface area (Å²) in [6, 6.07) is 2.61. The van der Waals surface area contributed by atoms with Crippen molar-refractivity contribution in [2.45, 2.75) is 60.2 Å². The average molecular weight is 278 g/mol. The van der Waals surface area contributed by atoms with Crippen LogP contribution in [0.3, 0.4) is 0 Å². The second-order valence-corrected chi connectivity index (χ2v) is 7.49. The highest BCUT2D eigenvalue weighted by atomic mass is 16.3. The van der Waals surface area contributed by atoms with Gasteiger partial charge in [0, 0.05) is 24.7 Å². The smallest absolute Gasteiger partial charge is 0.122 e. The van der Waals surface area contributed by atoms with Crippen LogP contribution in [0, 0.1) is 11.3 Å². The minimum atomic E-state index is 0.417. The molecule has 2 heterocycles. The Morgan fingerprint density at radius 1 is 1.40 bits per heavy atom. The first-order valence-electron chi connectivity index (χ1n) is 7.87. The van der Waals surface area contributed by atoms with E-state index in [1.807, 2.05) is 6.26 Å². The molecule has 1 aliphatic heterocycles. The zero-order valence-electron chi connectivity index (χ0n) is 13.7. The molecule has 3 heteroatoms. The Bertz CT molecular complexity index is 417. The molecule has 1 N–H and O–H groups in total. The molecule has 0 spiro atoms. The number of likely N-dealkylation sites (tertiary alicyclic amines) is 1. The molecule has 0 amide bonds. The first-order valence-corrected chi connectivity index (χ1v) is 7.87. The van der Waals surface area contributed by atoms with Crippen molar-refractivity contribution in [3.8, 4) is 0 Å². The lowest BCUT2D eigenvalue weighted by Gasteiger charge is -2.27. The first kappa shape index (κ1) is 15.6. The predicted molar refractivity (Wildman–Crippen MR) is 83.5 cm³/mol. The number of nitrogens with zero attached hydrogens (tertiary/aromatic N) is 1. The maximum Gasteiger partial charge on any atom is 0.122 e. The quantitative estimate of drug-likeness (QED) is 0.891. The van der Waals surface area contributed by atoms with Gasteiger partial charge in [0.2, 0.25) is 0 Å². The van der Waals surface area contributed by atoms with Gasteiger partial charge in [0.25, 0.3) is 0 Å². The van der Waals surface area contributed by atoms with Gasteiger partial charge in [-0.15, -0.1) is 0 Å². The Morgan fingerprint density at radius 3 is 2.75 bits per heavy atom. The van der Waals surface area contributed by atoms with Gasteiger partial charge >= 0.3 is 0 Å². The monoisotopic (exact) mass is 278 g/mol. The van der Waals surface area contributed by atoms with Crippen LogP contribution in [0.1, 0.15) is 52.4 Å². The van der Waals surface area contributed by atoms with Gasteiger partial charge in [-0.3, -0.25) is 4.90 Å². The third-order valence-electron chi connectivity index (χ3n) is 4.40. The number of hydrogen-bond donors (Lipinski definition) is 1. The molecule has 1 aliphatic rings. The summed E-state index contributed by atoms with van der Waals surface area (Å²) in [6.07, 6.45) is 3.13. The van der Waals surface area contributed by atoms with E-state index in [1.165, 1.54) is 25.1 Å². The Balaban J connectivity index is 1.90. The van der Waals surface area contributed by atoms with E-state index in [-0.39, 0.29) is 0 Å². The molecule has 2 rings (SSSR count). The van der Waals surface area contributed by atoms with Gasteiger partial charge in [0.1, 0.15) is 5.76 Å². The first-order chi connectivity index (χ1) is 9.36. The van der Waals surface area contributed by atoms with E-state index < -0.39 is 0 Å². The minimum Gasteiger partial charge on any atom is -0.468 e. The molecule has 0 radical (unpaired) electrons. The van der Waals surface area contributed by atoms with Crippen LogP contribution in [0.25, 0.3) is 0 Å². The van der Waals surface area contributed by atoms with Crippen molar-refractivity contribution in [1.29, 1.82) is 0 Å². The standard InChI is InChI=1S/C17H30N2O/c1-13(2)18-10-14-7-9-20-16(14)12-19-8-6-15(11-19)17(3,4)5/h7,9,13,15,18H,6,8,10-12H2,1-5H3. The second kappa shape index (κ2) is 6.31. The molecule has 0 bridgehead atoms. The molecular formula is C17H30N2O. The molecule has 3 nitrogen and oxygen atoms in total. The summed E-state index contributed by atoms with van der Waals surface area (Å²) >= 11 is 0. The molecule has 1 fully saturated rings. The molecule has 1 atom stereocenters. The van der Waals surface area contributed by atoms with Crippen molar-refractivity contribution in [1.82, 2.24) is 10.2 Å². The molecule has 20 heavy (non-hydrogen) atoms. The lowest BCUT2D eigenvalue weighted by molar-refractivity contribution is 0.219. The lowest BCUT2D eigenvalue weighted by atomic mass is 9.80. The molecule has 1 saturated heterocycles. The van der Waals surface area contributed by atoms with Crippen LogP contribution < -0.4 is 5.32 Å². The molecule has 0 saturated carbocycles. The van der Waals surface area contributed by atoms with E-state index in [4.69, 9.17) is 4.42 Å². The van der Waals surface area contributed by atoms with E-state index >= 15 is 0 Å². The summed E-state index contributed by atoms with van der Waals surface area (Å²) in [5.74, 6) is 1.93. The van der Waals surface area contributed by atoms with E-state index in [2.05, 4.69) is 50.9 Å². The second-order valence-electron chi connectivity index (χ2n) is 7.49. The van der Waals surface area contributed by atoms with Crippen LogP contribution in [0.2, 0.25) is 0 Å². The van der Waals surface area contributed by atoms with Crippen molar-refractivity contribution in [2.75, 3.05) is 13.1 Å². The number of nitrogens with one attached hydrogen (secondary N) is 1. The highest BCUT2D eigenvalue weighted by Crippen LogP contribution is 2.34. The molecule has 1 aromatic rings. The molecule has 0 aromatic carbocycles. The van der Waals surface area contributed by atoms with Crippen molar-refractivity contribution in [3.05, 3.63) is 23.7 Å². The van der Waals surface area contributed by atoms with Gasteiger partial charge < -0.3 is 9.73 Å². The third-order valence-corrected chi connectivity index (χ3v) is 4.40. The minimum absolute atomic E-state index is 0.417. The fourth-order valence-electron chi connectivity index (χ4n) is 2.86. The van der Waals surface area contributed by atoms with Gasteiger partial charge in [-0.1, -0.05) is 34.6 Å². The normalized spacial score (nSPS) is 21.0. The Labute approximate surface area is 123 Å². The summed E-state index contributed by atoms with van der Waals surface area (Å²) in [5.41, 5.74) is 1.72. The predicted octanol–water partition coefficient (Wildman–Crippen LogP) is 3.65. The van der Waals surface area contributed by atoms with E-state index in [0.29, 0.717) is 11.5 Å². The van der Waals surface area contributed by atoms with Gasteiger partial charge in [0.15, 0.2) is 0 Å². The van der Waals surface area contributed by atoms with Crippen LogP contribution in [0.5, 0.6) is 0 Å². The molecule has 0 aliphatic carbocycles. The fourth-order valence-corrected chi connectivity index (χ4v) is 2.86. The zero-order chi connectivity index (χ0) is 14.8. The number of furan rings is 1. The summed E-state index contributed by atoms with van der Waals surface area (Å²) in [7, 11) is 0. The molecule has 1 aromatic heterocycles. The van der Waals surface area contributed by atoms with Crippen LogP contribution in [0.15, 0.2) is 16.7 Å². The van der Waals surface area contributed by atoms with Crippen LogP contribution >= 0.6 is 0 Å². The number of hydrogen-bond acceptors (Lipinski definition) is 3. The average Bonchev–Trinajstić information content (AvgIpc) is 2.95. The van der Waals surface area contributed by atoms with Crippen LogP contribution in [-0.2, 0) is 13.1 Å². The van der Waals surface area contributed by atoms with Gasteiger partial charge in [-0.2, -0.15) is 0 Å². The van der Waals surface area contributed by atoms with Crippen LogP contribution in [0.4, 0.5) is 0 Å². The number of rotatable bonds is 5. The van der Waals surface area contributed by atoms with E-state index in [9.17, 15) is 0 Å². The summed E-state index contributed by atoms with van der Waals surface area (Å²) in [5, 5.41) is 3.47. The van der Waals surface area contributed by atoms with Crippen LogP contribution in [-0.4, -0.2) is 24.0 Å². The molecular weight excluding hydrogens is 248 g/mol. The zero-order valence-corrected chi connectivity index (χ0v) is 13.7. The Hall–Kier alpha value is -0.800. The fraction of sp³-hybridized carbons (Fsp3) is 0.765. The van der Waals surface area contributed by atoms with Crippen molar-refractivity contribution in [2.24, 2.45) is 11.3 Å². The highest BCUT2D eigenvalue weighted by molar-refractivity contribution is 5.17. The molecule has 1 unspecified atom stereocenters. The Kier molecular flexibility index (Phi) is 4.92. The highest BCUT2D eigenvalue weighted by Gasteiger charge is 2.32. The maximum absolute atomic E-state index is 5.70. The van der Waals surface area contributed by atoms with E-state index in [0.717, 1.165) is 24.8 Å². The van der Waals surface area contributed by atoms with Gasteiger partial charge in [0.05, 0.1) is 12.8 Å².